The Morgan fingerprint density at radius 3 is 2.95 bits per heavy atom. The lowest BCUT2D eigenvalue weighted by atomic mass is 9.91. The van der Waals surface area contributed by atoms with Gasteiger partial charge >= 0.3 is 5.97 Å². The number of aliphatic carboxylic acids is 1. The van der Waals surface area contributed by atoms with Gasteiger partial charge in [0.25, 0.3) is 0 Å². The van der Waals surface area contributed by atoms with Gasteiger partial charge in [0.1, 0.15) is 6.04 Å². The summed E-state index contributed by atoms with van der Waals surface area (Å²) < 4.78 is 0. The average molecular weight is 272 g/mol. The molecule has 2 heterocycles. The van der Waals surface area contributed by atoms with Gasteiger partial charge in [-0.15, -0.1) is 0 Å². The Morgan fingerprint density at radius 2 is 2.20 bits per heavy atom. The van der Waals surface area contributed by atoms with E-state index < -0.39 is 12.0 Å². The van der Waals surface area contributed by atoms with Crippen molar-refractivity contribution in [2.75, 3.05) is 0 Å². The fourth-order valence-electron chi connectivity index (χ4n) is 3.12. The van der Waals surface area contributed by atoms with Crippen LogP contribution in [0.3, 0.4) is 0 Å². The summed E-state index contributed by atoms with van der Waals surface area (Å²) in [5.41, 5.74) is 3.46. The molecule has 0 fully saturated rings. The Labute approximate surface area is 118 Å². The van der Waals surface area contributed by atoms with Crippen LogP contribution in [0.1, 0.15) is 43.5 Å². The zero-order chi connectivity index (χ0) is 14.1. The predicted molar refractivity (Wildman–Crippen MR) is 78.8 cm³/mol. The highest BCUT2D eigenvalue weighted by molar-refractivity contribution is 5.86. The maximum absolute atomic E-state index is 11.4. The summed E-state index contributed by atoms with van der Waals surface area (Å²) in [6.45, 7) is 2.16. The van der Waals surface area contributed by atoms with Crippen LogP contribution in [0.4, 0.5) is 0 Å². The van der Waals surface area contributed by atoms with E-state index in [4.69, 9.17) is 0 Å². The van der Waals surface area contributed by atoms with Crippen LogP contribution in [0.15, 0.2) is 24.3 Å². The van der Waals surface area contributed by atoms with Crippen molar-refractivity contribution in [2.45, 2.75) is 44.7 Å². The maximum Gasteiger partial charge on any atom is 0.321 e. The molecule has 4 nitrogen and oxygen atoms in total. The molecule has 0 unspecified atom stereocenters. The second-order valence-electron chi connectivity index (χ2n) is 5.52. The van der Waals surface area contributed by atoms with E-state index in [1.807, 2.05) is 12.1 Å². The van der Waals surface area contributed by atoms with E-state index >= 15 is 0 Å². The van der Waals surface area contributed by atoms with E-state index in [1.165, 1.54) is 11.3 Å². The number of fused-ring (bicyclic) bond motifs is 3. The lowest BCUT2D eigenvalue weighted by Crippen LogP contribution is -2.44. The standard InChI is InChI=1S/C16H20N2O2/c1-2-3-7-13-15-11(9-14(17-13)16(19)20)10-6-4-5-8-12(10)18-15/h4-6,8,13-14,17-18H,2-3,7,9H2,1H3,(H,19,20)/t13-,14+/m1/s1. The molecule has 3 N–H and O–H groups in total. The number of nitrogens with one attached hydrogen (secondary N) is 2. The number of para-hydroxylation sites is 1. The van der Waals surface area contributed by atoms with E-state index in [0.29, 0.717) is 6.42 Å². The smallest absolute Gasteiger partial charge is 0.321 e. The first-order chi connectivity index (χ1) is 9.70. The first-order valence-electron chi connectivity index (χ1n) is 7.29. The van der Waals surface area contributed by atoms with Crippen molar-refractivity contribution in [2.24, 2.45) is 0 Å². The Hall–Kier alpha value is -1.81. The molecular weight excluding hydrogens is 252 g/mol. The van der Waals surface area contributed by atoms with Crippen molar-refractivity contribution in [3.63, 3.8) is 0 Å². The Morgan fingerprint density at radius 1 is 1.40 bits per heavy atom. The quantitative estimate of drug-likeness (QED) is 0.801. The molecule has 0 saturated carbocycles. The second kappa shape index (κ2) is 5.29. The molecule has 2 atom stereocenters. The van der Waals surface area contributed by atoms with Crippen LogP contribution in [-0.2, 0) is 11.2 Å². The van der Waals surface area contributed by atoms with Crippen LogP contribution in [0.5, 0.6) is 0 Å². The number of hydrogen-bond donors (Lipinski definition) is 3. The van der Waals surface area contributed by atoms with Gasteiger partial charge in [0.2, 0.25) is 0 Å². The highest BCUT2D eigenvalue weighted by Crippen LogP contribution is 2.33. The molecule has 1 aliphatic heterocycles. The average Bonchev–Trinajstić information content (AvgIpc) is 2.83. The molecule has 2 aromatic rings. The minimum atomic E-state index is -0.762. The Bertz CT molecular complexity index is 632. The third-order valence-electron chi connectivity index (χ3n) is 4.15. The van der Waals surface area contributed by atoms with Crippen molar-refractivity contribution in [3.8, 4) is 0 Å². The highest BCUT2D eigenvalue weighted by Gasteiger charge is 2.32. The highest BCUT2D eigenvalue weighted by atomic mass is 16.4. The lowest BCUT2D eigenvalue weighted by molar-refractivity contribution is -0.139. The van der Waals surface area contributed by atoms with Crippen LogP contribution >= 0.6 is 0 Å². The number of hydrogen-bond acceptors (Lipinski definition) is 2. The fourth-order valence-corrected chi connectivity index (χ4v) is 3.12. The minimum absolute atomic E-state index is 0.118. The van der Waals surface area contributed by atoms with Crippen molar-refractivity contribution < 1.29 is 9.90 Å². The summed E-state index contributed by atoms with van der Waals surface area (Å²) in [6.07, 6.45) is 3.74. The molecule has 106 valence electrons. The number of aromatic amines is 1. The van der Waals surface area contributed by atoms with Crippen LogP contribution in [0.2, 0.25) is 0 Å². The summed E-state index contributed by atoms with van der Waals surface area (Å²) in [7, 11) is 0. The molecule has 1 aliphatic rings. The molecule has 4 heteroatoms. The van der Waals surface area contributed by atoms with Gasteiger partial charge in [-0.2, -0.15) is 0 Å². The van der Waals surface area contributed by atoms with E-state index in [2.05, 4.69) is 29.4 Å². The number of benzene rings is 1. The topological polar surface area (TPSA) is 65.1 Å². The maximum atomic E-state index is 11.4. The molecule has 20 heavy (non-hydrogen) atoms. The fraction of sp³-hybridized carbons (Fsp3) is 0.438. The van der Waals surface area contributed by atoms with Crippen molar-refractivity contribution in [1.29, 1.82) is 0 Å². The van der Waals surface area contributed by atoms with Crippen molar-refractivity contribution in [3.05, 3.63) is 35.5 Å². The van der Waals surface area contributed by atoms with Gasteiger partial charge in [0.15, 0.2) is 0 Å². The van der Waals surface area contributed by atoms with Crippen molar-refractivity contribution >= 4 is 16.9 Å². The van der Waals surface area contributed by atoms with E-state index in [1.54, 1.807) is 0 Å². The second-order valence-corrected chi connectivity index (χ2v) is 5.52. The summed E-state index contributed by atoms with van der Waals surface area (Å²) in [6, 6.07) is 7.78. The van der Waals surface area contributed by atoms with Gasteiger partial charge in [-0.1, -0.05) is 38.0 Å². The zero-order valence-corrected chi connectivity index (χ0v) is 11.6. The van der Waals surface area contributed by atoms with Crippen LogP contribution in [0.25, 0.3) is 10.9 Å². The Balaban J connectivity index is 2.04. The van der Waals surface area contributed by atoms with Gasteiger partial charge in [-0.25, -0.2) is 0 Å². The number of aromatic nitrogens is 1. The summed E-state index contributed by atoms with van der Waals surface area (Å²) in [4.78, 5) is 14.8. The molecule has 0 spiro atoms. The van der Waals surface area contributed by atoms with Crippen molar-refractivity contribution in [1.82, 2.24) is 10.3 Å². The third-order valence-corrected chi connectivity index (χ3v) is 4.15. The summed E-state index contributed by atoms with van der Waals surface area (Å²) in [5, 5.41) is 13.8. The Kier molecular flexibility index (Phi) is 3.49. The minimum Gasteiger partial charge on any atom is -0.480 e. The molecule has 1 aromatic carbocycles. The van der Waals surface area contributed by atoms with Gasteiger partial charge < -0.3 is 10.1 Å². The van der Waals surface area contributed by atoms with Crippen LogP contribution < -0.4 is 5.32 Å². The van der Waals surface area contributed by atoms with Crippen LogP contribution in [0, 0.1) is 0 Å². The number of carboxylic acids is 1. The molecule has 0 radical (unpaired) electrons. The van der Waals surface area contributed by atoms with E-state index in [9.17, 15) is 9.90 Å². The molecule has 0 saturated heterocycles. The molecular formula is C16H20N2O2. The number of H-pyrrole nitrogens is 1. The molecule has 3 rings (SSSR count). The zero-order valence-electron chi connectivity index (χ0n) is 11.6. The SMILES string of the molecule is CCCC[C@H]1N[C@H](C(=O)O)Cc2c1[nH]c1ccccc21. The lowest BCUT2D eigenvalue weighted by Gasteiger charge is -2.29. The van der Waals surface area contributed by atoms with Gasteiger partial charge in [-0.3, -0.25) is 10.1 Å². The number of rotatable bonds is 4. The molecule has 0 amide bonds. The number of carbonyl (C=O) groups is 1. The van der Waals surface area contributed by atoms with Crippen LogP contribution in [-0.4, -0.2) is 22.1 Å². The van der Waals surface area contributed by atoms with E-state index in [0.717, 1.165) is 30.2 Å². The molecule has 1 aromatic heterocycles. The molecule has 0 aliphatic carbocycles. The van der Waals surface area contributed by atoms with E-state index in [-0.39, 0.29) is 6.04 Å². The third kappa shape index (κ3) is 2.20. The van der Waals surface area contributed by atoms with Gasteiger partial charge in [-0.05, 0) is 18.1 Å². The first kappa shape index (κ1) is 13.2. The summed E-state index contributed by atoms with van der Waals surface area (Å²) >= 11 is 0. The van der Waals surface area contributed by atoms with Gasteiger partial charge in [0.05, 0.1) is 0 Å². The normalized spacial score (nSPS) is 21.9. The molecule has 0 bridgehead atoms. The number of unbranched alkanes of at least 4 members (excludes halogenated alkanes) is 1. The first-order valence-corrected chi connectivity index (χ1v) is 7.29. The summed E-state index contributed by atoms with van der Waals surface area (Å²) in [5.74, 6) is -0.762. The largest absolute Gasteiger partial charge is 0.480 e. The predicted octanol–water partition coefficient (Wildman–Crippen LogP) is 3.00. The van der Waals surface area contributed by atoms with Gasteiger partial charge in [0, 0.05) is 29.1 Å². The number of carboxylic acid groups (broad SMARTS) is 1. The monoisotopic (exact) mass is 272 g/mol.